The van der Waals surface area contributed by atoms with Gasteiger partial charge in [-0.1, -0.05) is 12.1 Å². The molecule has 8 nitrogen and oxygen atoms in total. The van der Waals surface area contributed by atoms with Crippen molar-refractivity contribution in [3.05, 3.63) is 40.9 Å². The molecule has 1 aromatic heterocycles. The fraction of sp³-hybridized carbons (Fsp3) is 0.409. The summed E-state index contributed by atoms with van der Waals surface area (Å²) in [4.78, 5) is 54.0. The van der Waals surface area contributed by atoms with Crippen molar-refractivity contribution in [1.29, 1.82) is 0 Å². The van der Waals surface area contributed by atoms with Gasteiger partial charge >= 0.3 is 12.1 Å². The average Bonchev–Trinajstić information content (AvgIpc) is 3.32. The third kappa shape index (κ3) is 6.41. The summed E-state index contributed by atoms with van der Waals surface area (Å²) in [6.45, 7) is -1.28. The van der Waals surface area contributed by atoms with Gasteiger partial charge in [0.2, 0.25) is 5.91 Å². The number of piperidine rings is 1. The Hall–Kier alpha value is -3.35. The lowest BCUT2D eigenvalue weighted by molar-refractivity contribution is -0.141. The zero-order chi connectivity index (χ0) is 25.8. The van der Waals surface area contributed by atoms with E-state index < -0.39 is 60.5 Å². The number of carboxylic acid groups (broad SMARTS) is 1. The van der Waals surface area contributed by atoms with Crippen LogP contribution < -0.4 is 5.32 Å². The Balaban J connectivity index is 1.79. The number of ketones is 1. The van der Waals surface area contributed by atoms with Crippen LogP contribution in [-0.4, -0.2) is 63.9 Å². The summed E-state index contributed by atoms with van der Waals surface area (Å²) in [5.41, 5.74) is -0.744. The lowest BCUT2D eigenvalue weighted by Gasteiger charge is -2.35. The molecule has 0 radical (unpaired) electrons. The number of hydrogen-bond donors (Lipinski definition) is 2. The van der Waals surface area contributed by atoms with Gasteiger partial charge in [0, 0.05) is 17.5 Å². The van der Waals surface area contributed by atoms with Crippen molar-refractivity contribution in [3.8, 4) is 10.6 Å². The van der Waals surface area contributed by atoms with Crippen LogP contribution in [0.2, 0.25) is 0 Å². The molecule has 0 spiro atoms. The monoisotopic (exact) mass is 515 g/mol. The van der Waals surface area contributed by atoms with Gasteiger partial charge in [-0.05, 0) is 31.4 Å². The van der Waals surface area contributed by atoms with Gasteiger partial charge in [0.1, 0.15) is 29.5 Å². The number of carbonyl (C=O) groups is 4. The first-order valence-electron chi connectivity index (χ1n) is 10.6. The Bertz CT molecular complexity index is 1120. The number of benzene rings is 1. The smallest absolute Gasteiger partial charge is 0.416 e. The first kappa shape index (κ1) is 26.3. The van der Waals surface area contributed by atoms with E-state index in [2.05, 4.69) is 10.3 Å². The highest BCUT2D eigenvalue weighted by Gasteiger charge is 2.36. The van der Waals surface area contributed by atoms with Crippen LogP contribution in [0.4, 0.5) is 17.6 Å². The Morgan fingerprint density at radius 3 is 2.63 bits per heavy atom. The van der Waals surface area contributed by atoms with Crippen LogP contribution in [0.1, 0.15) is 41.7 Å². The summed E-state index contributed by atoms with van der Waals surface area (Å²) < 4.78 is 51.9. The molecule has 0 unspecified atom stereocenters. The normalized spacial score (nSPS) is 17.0. The summed E-state index contributed by atoms with van der Waals surface area (Å²) >= 11 is 0.970. The maximum Gasteiger partial charge on any atom is 0.416 e. The molecule has 2 heterocycles. The predicted molar refractivity (Wildman–Crippen MR) is 116 cm³/mol. The van der Waals surface area contributed by atoms with Crippen molar-refractivity contribution in [2.45, 2.75) is 43.9 Å². The number of carboxylic acids is 1. The summed E-state index contributed by atoms with van der Waals surface area (Å²) in [6, 6.07) is 1.90. The third-order valence-corrected chi connectivity index (χ3v) is 6.33. The van der Waals surface area contributed by atoms with Crippen molar-refractivity contribution in [2.24, 2.45) is 0 Å². The maximum absolute atomic E-state index is 13.1. The highest BCUT2D eigenvalue weighted by Crippen LogP contribution is 2.33. The van der Waals surface area contributed by atoms with E-state index in [0.29, 0.717) is 12.8 Å². The average molecular weight is 515 g/mol. The van der Waals surface area contributed by atoms with Crippen LogP contribution in [0, 0.1) is 0 Å². The first-order valence-corrected chi connectivity index (χ1v) is 11.4. The molecule has 0 bridgehead atoms. The molecule has 1 fully saturated rings. The second kappa shape index (κ2) is 10.9. The van der Waals surface area contributed by atoms with Crippen LogP contribution in [-0.2, 0) is 20.6 Å². The Kier molecular flexibility index (Phi) is 8.20. The second-order valence-electron chi connectivity index (χ2n) is 7.89. The Morgan fingerprint density at radius 2 is 1.97 bits per heavy atom. The first-order chi connectivity index (χ1) is 16.5. The van der Waals surface area contributed by atoms with E-state index in [4.69, 9.17) is 5.11 Å². The number of halogens is 4. The SMILES string of the molecule is O=C(O)C[C@H](NC(=O)[C@@H]1CCCCN1C(=O)c1csc(-c2cccc(C(F)(F)F)c2)n1)C(=O)CF. The summed E-state index contributed by atoms with van der Waals surface area (Å²) in [7, 11) is 0. The molecule has 2 N–H and O–H groups in total. The van der Waals surface area contributed by atoms with E-state index >= 15 is 0 Å². The number of rotatable bonds is 8. The van der Waals surface area contributed by atoms with E-state index in [1.54, 1.807) is 0 Å². The minimum absolute atomic E-state index is 0.0657. The molecule has 1 aliphatic heterocycles. The van der Waals surface area contributed by atoms with E-state index in [1.807, 2.05) is 0 Å². The lowest BCUT2D eigenvalue weighted by atomic mass is 10.00. The molecule has 2 amide bonds. The van der Waals surface area contributed by atoms with Gasteiger partial charge in [0.25, 0.3) is 5.91 Å². The predicted octanol–water partition coefficient (Wildman–Crippen LogP) is 3.32. The Morgan fingerprint density at radius 1 is 1.23 bits per heavy atom. The van der Waals surface area contributed by atoms with Crippen LogP contribution in [0.15, 0.2) is 29.6 Å². The fourth-order valence-electron chi connectivity index (χ4n) is 3.71. The van der Waals surface area contributed by atoms with E-state index in [0.717, 1.165) is 23.5 Å². The number of alkyl halides is 4. The number of aromatic nitrogens is 1. The molecule has 13 heteroatoms. The number of nitrogens with one attached hydrogen (secondary N) is 1. The van der Waals surface area contributed by atoms with Gasteiger partial charge in [-0.2, -0.15) is 13.2 Å². The molecule has 188 valence electrons. The van der Waals surface area contributed by atoms with Crippen LogP contribution in [0.5, 0.6) is 0 Å². The van der Waals surface area contributed by atoms with Crippen molar-refractivity contribution in [3.63, 3.8) is 0 Å². The molecule has 2 atom stereocenters. The van der Waals surface area contributed by atoms with Crippen molar-refractivity contribution in [1.82, 2.24) is 15.2 Å². The van der Waals surface area contributed by atoms with Crippen LogP contribution in [0.3, 0.4) is 0 Å². The standard InChI is InChI=1S/C22H21F4N3O5S/c23-10-17(30)14(9-18(31)32)27-19(33)16-6-1-2-7-29(16)21(34)15-11-35-20(28-15)12-4-3-5-13(8-12)22(24,25)26/h3-5,8,11,14,16H,1-2,6-7,9-10H2,(H,27,33)(H,31,32)/t14-,16-/m0/s1. The molecular formula is C22H21F4N3O5S. The molecule has 35 heavy (non-hydrogen) atoms. The molecule has 0 saturated carbocycles. The van der Waals surface area contributed by atoms with Gasteiger partial charge in [-0.25, -0.2) is 9.37 Å². The molecule has 1 aromatic carbocycles. The maximum atomic E-state index is 13.1. The minimum Gasteiger partial charge on any atom is -0.481 e. The van der Waals surface area contributed by atoms with E-state index in [9.17, 15) is 36.7 Å². The largest absolute Gasteiger partial charge is 0.481 e. The summed E-state index contributed by atoms with van der Waals surface area (Å²) in [6.07, 6.45) is -3.97. The zero-order valence-corrected chi connectivity index (χ0v) is 19.0. The number of likely N-dealkylation sites (tertiary alicyclic amines) is 1. The quantitative estimate of drug-likeness (QED) is 0.521. The van der Waals surface area contributed by atoms with Crippen LogP contribution >= 0.6 is 11.3 Å². The van der Waals surface area contributed by atoms with Crippen molar-refractivity contribution < 1.29 is 41.8 Å². The second-order valence-corrected chi connectivity index (χ2v) is 8.74. The van der Waals surface area contributed by atoms with E-state index in [-0.39, 0.29) is 29.2 Å². The third-order valence-electron chi connectivity index (χ3n) is 5.44. The molecule has 3 rings (SSSR count). The van der Waals surface area contributed by atoms with Gasteiger partial charge in [-0.3, -0.25) is 19.2 Å². The zero-order valence-electron chi connectivity index (χ0n) is 18.2. The number of nitrogens with zero attached hydrogens (tertiary/aromatic N) is 2. The Labute approximate surface area is 200 Å². The number of Topliss-reactive ketones (excluding diaryl/α,β-unsaturated/α-hetero) is 1. The number of thiazole rings is 1. The van der Waals surface area contributed by atoms with E-state index in [1.165, 1.54) is 22.4 Å². The summed E-state index contributed by atoms with van der Waals surface area (Å²) in [5.74, 6) is -3.93. The number of aliphatic carboxylic acids is 1. The van der Waals surface area contributed by atoms with Crippen LogP contribution in [0.25, 0.3) is 10.6 Å². The van der Waals surface area contributed by atoms with Crippen molar-refractivity contribution >= 4 is 34.9 Å². The number of hydrogen-bond acceptors (Lipinski definition) is 6. The molecule has 2 aromatic rings. The molecule has 1 aliphatic rings. The lowest BCUT2D eigenvalue weighted by Crippen LogP contribution is -2.55. The minimum atomic E-state index is -4.54. The van der Waals surface area contributed by atoms with Gasteiger partial charge in [0.05, 0.1) is 12.0 Å². The number of carbonyl (C=O) groups excluding carboxylic acids is 3. The molecule has 1 saturated heterocycles. The topological polar surface area (TPSA) is 117 Å². The van der Waals surface area contributed by atoms with Crippen molar-refractivity contribution in [2.75, 3.05) is 13.2 Å². The van der Waals surface area contributed by atoms with Gasteiger partial charge in [-0.15, -0.1) is 11.3 Å². The fourth-order valence-corrected chi connectivity index (χ4v) is 4.50. The molecule has 0 aliphatic carbocycles. The highest BCUT2D eigenvalue weighted by molar-refractivity contribution is 7.13. The summed E-state index contributed by atoms with van der Waals surface area (Å²) in [5, 5.41) is 12.7. The number of amides is 2. The van der Waals surface area contributed by atoms with Gasteiger partial charge < -0.3 is 15.3 Å². The highest BCUT2D eigenvalue weighted by atomic mass is 32.1. The molecular weight excluding hydrogens is 494 g/mol. The van der Waals surface area contributed by atoms with Gasteiger partial charge in [0.15, 0.2) is 5.78 Å².